The third kappa shape index (κ3) is 2.71. The molecule has 0 amide bonds. The average Bonchev–Trinajstić information content (AvgIpc) is 2.76. The van der Waals surface area contributed by atoms with E-state index in [-0.39, 0.29) is 16.3 Å². The van der Waals surface area contributed by atoms with Gasteiger partial charge in [0.15, 0.2) is 5.82 Å². The fraction of sp³-hybridized carbons (Fsp3) is 0.100. The van der Waals surface area contributed by atoms with Crippen molar-refractivity contribution in [2.75, 3.05) is 4.72 Å². The van der Waals surface area contributed by atoms with Gasteiger partial charge in [-0.15, -0.1) is 0 Å². The van der Waals surface area contributed by atoms with E-state index >= 15 is 0 Å². The predicted octanol–water partition coefficient (Wildman–Crippen LogP) is 0.314. The zero-order chi connectivity index (χ0) is 14.0. The Labute approximate surface area is 108 Å². The van der Waals surface area contributed by atoms with Crippen LogP contribution >= 0.6 is 0 Å². The lowest BCUT2D eigenvalue weighted by Gasteiger charge is -2.07. The fourth-order valence-corrected chi connectivity index (χ4v) is 2.40. The Kier molecular flexibility index (Phi) is 3.21. The molecule has 0 aliphatic heterocycles. The van der Waals surface area contributed by atoms with Gasteiger partial charge in [-0.3, -0.25) is 9.40 Å². The summed E-state index contributed by atoms with van der Waals surface area (Å²) in [5.74, 6) is -1.50. The lowest BCUT2D eigenvalue weighted by Crippen LogP contribution is -2.16. The summed E-state index contributed by atoms with van der Waals surface area (Å²) in [5, 5.41) is 12.7. The highest BCUT2D eigenvalue weighted by atomic mass is 32.2. The summed E-state index contributed by atoms with van der Waals surface area (Å²) in [4.78, 5) is 14.6. The van der Waals surface area contributed by atoms with Gasteiger partial charge in [-0.2, -0.15) is 5.10 Å². The summed E-state index contributed by atoms with van der Waals surface area (Å²) in [6.45, 7) is 0. The Balaban J connectivity index is 2.39. The minimum absolute atomic E-state index is 0.0722. The number of sulfonamides is 1. The molecule has 0 radical (unpaired) electrons. The molecule has 2 N–H and O–H groups in total. The van der Waals surface area contributed by atoms with E-state index in [4.69, 9.17) is 5.11 Å². The standard InChI is InChI=1S/C10H10N4O4S/c1-14-6-7(5-12-14)19(17,18)13-9-8(10(15)16)3-2-4-11-9/h2-6H,1H3,(H,11,13)(H,15,16). The van der Waals surface area contributed by atoms with Crippen molar-refractivity contribution in [3.63, 3.8) is 0 Å². The third-order valence-electron chi connectivity index (χ3n) is 2.26. The Hall–Kier alpha value is -2.42. The molecular formula is C10H10N4O4S. The maximum absolute atomic E-state index is 12.0. The van der Waals surface area contributed by atoms with Crippen LogP contribution in [-0.2, 0) is 17.1 Å². The molecule has 0 fully saturated rings. The highest BCUT2D eigenvalue weighted by molar-refractivity contribution is 7.92. The van der Waals surface area contributed by atoms with Gasteiger partial charge in [0.25, 0.3) is 10.0 Å². The van der Waals surface area contributed by atoms with E-state index in [0.29, 0.717) is 0 Å². The molecule has 0 aliphatic carbocycles. The number of carbonyl (C=O) groups is 1. The number of aromatic nitrogens is 3. The molecule has 0 saturated carbocycles. The maximum Gasteiger partial charge on any atom is 0.339 e. The number of carboxylic acids is 1. The molecule has 2 aromatic heterocycles. The van der Waals surface area contributed by atoms with Crippen LogP contribution in [0.2, 0.25) is 0 Å². The van der Waals surface area contributed by atoms with E-state index in [1.165, 1.54) is 29.2 Å². The average molecular weight is 282 g/mol. The number of hydrogen-bond donors (Lipinski definition) is 2. The quantitative estimate of drug-likeness (QED) is 0.834. The van der Waals surface area contributed by atoms with Gasteiger partial charge in [0.05, 0.1) is 6.20 Å². The number of aryl methyl sites for hydroxylation is 1. The molecule has 2 rings (SSSR count). The molecule has 0 aromatic carbocycles. The molecule has 8 nitrogen and oxygen atoms in total. The Morgan fingerprint density at radius 3 is 2.79 bits per heavy atom. The highest BCUT2D eigenvalue weighted by Gasteiger charge is 2.20. The van der Waals surface area contributed by atoms with Crippen molar-refractivity contribution in [3.05, 3.63) is 36.3 Å². The van der Waals surface area contributed by atoms with Gasteiger partial charge in [0.1, 0.15) is 10.5 Å². The van der Waals surface area contributed by atoms with Crippen LogP contribution in [0.1, 0.15) is 10.4 Å². The molecule has 19 heavy (non-hydrogen) atoms. The smallest absolute Gasteiger partial charge is 0.339 e. The van der Waals surface area contributed by atoms with E-state index in [1.807, 2.05) is 0 Å². The molecule has 2 aromatic rings. The fourth-order valence-electron chi connectivity index (χ4n) is 1.38. The van der Waals surface area contributed by atoms with Gasteiger partial charge in [-0.05, 0) is 12.1 Å². The first-order chi connectivity index (χ1) is 8.90. The first kappa shape index (κ1) is 13.0. The largest absolute Gasteiger partial charge is 0.478 e. The van der Waals surface area contributed by atoms with Crippen LogP contribution < -0.4 is 4.72 Å². The topological polar surface area (TPSA) is 114 Å². The van der Waals surface area contributed by atoms with Crippen molar-refractivity contribution in [3.8, 4) is 0 Å². The van der Waals surface area contributed by atoms with Gasteiger partial charge < -0.3 is 5.11 Å². The summed E-state index contributed by atoms with van der Waals surface area (Å²) in [5.41, 5.74) is -0.227. The zero-order valence-electron chi connectivity index (χ0n) is 9.81. The monoisotopic (exact) mass is 282 g/mol. The second-order valence-electron chi connectivity index (χ2n) is 3.66. The van der Waals surface area contributed by atoms with Gasteiger partial charge in [0.2, 0.25) is 0 Å². The van der Waals surface area contributed by atoms with Crippen LogP contribution in [0, 0.1) is 0 Å². The Bertz CT molecular complexity index is 723. The summed E-state index contributed by atoms with van der Waals surface area (Å²) < 4.78 is 27.4. The number of hydrogen-bond acceptors (Lipinski definition) is 5. The van der Waals surface area contributed by atoms with Crippen molar-refractivity contribution < 1.29 is 18.3 Å². The summed E-state index contributed by atoms with van der Waals surface area (Å²) in [6.07, 6.45) is 3.75. The molecule has 2 heterocycles. The summed E-state index contributed by atoms with van der Waals surface area (Å²) >= 11 is 0. The summed E-state index contributed by atoms with van der Waals surface area (Å²) in [6, 6.07) is 2.67. The van der Waals surface area contributed by atoms with Crippen LogP contribution in [0.5, 0.6) is 0 Å². The molecule has 0 aliphatic rings. The minimum Gasteiger partial charge on any atom is -0.478 e. The van der Waals surface area contributed by atoms with Crippen LogP contribution in [0.15, 0.2) is 35.6 Å². The van der Waals surface area contributed by atoms with Crippen LogP contribution in [0.3, 0.4) is 0 Å². The molecule has 0 saturated heterocycles. The molecular weight excluding hydrogens is 272 g/mol. The SMILES string of the molecule is Cn1cc(S(=O)(=O)Nc2ncccc2C(=O)O)cn1. The highest BCUT2D eigenvalue weighted by Crippen LogP contribution is 2.17. The van der Waals surface area contributed by atoms with Crippen molar-refractivity contribution in [1.82, 2.24) is 14.8 Å². The van der Waals surface area contributed by atoms with Gasteiger partial charge in [-0.25, -0.2) is 18.2 Å². The zero-order valence-corrected chi connectivity index (χ0v) is 10.6. The van der Waals surface area contributed by atoms with Gasteiger partial charge >= 0.3 is 5.97 Å². The molecule has 9 heteroatoms. The van der Waals surface area contributed by atoms with Crippen molar-refractivity contribution in [2.45, 2.75) is 4.90 Å². The van der Waals surface area contributed by atoms with Gasteiger partial charge in [0, 0.05) is 19.4 Å². The lowest BCUT2D eigenvalue weighted by molar-refractivity contribution is 0.0697. The van der Waals surface area contributed by atoms with Crippen LogP contribution in [0.4, 0.5) is 5.82 Å². The number of aromatic carboxylic acids is 1. The maximum atomic E-state index is 12.0. The number of rotatable bonds is 4. The number of pyridine rings is 1. The molecule has 0 bridgehead atoms. The van der Waals surface area contributed by atoms with E-state index < -0.39 is 16.0 Å². The number of nitrogens with one attached hydrogen (secondary N) is 1. The Morgan fingerprint density at radius 2 is 2.21 bits per heavy atom. The van der Waals surface area contributed by atoms with Crippen molar-refractivity contribution in [1.29, 1.82) is 0 Å². The van der Waals surface area contributed by atoms with Crippen LogP contribution in [-0.4, -0.2) is 34.3 Å². The minimum atomic E-state index is -3.91. The van der Waals surface area contributed by atoms with Gasteiger partial charge in [-0.1, -0.05) is 0 Å². The molecule has 0 spiro atoms. The van der Waals surface area contributed by atoms with Crippen molar-refractivity contribution >= 4 is 21.8 Å². The predicted molar refractivity (Wildman–Crippen MR) is 65.2 cm³/mol. The second kappa shape index (κ2) is 4.69. The lowest BCUT2D eigenvalue weighted by atomic mass is 10.3. The Morgan fingerprint density at radius 1 is 1.47 bits per heavy atom. The second-order valence-corrected chi connectivity index (χ2v) is 5.34. The van der Waals surface area contributed by atoms with Crippen molar-refractivity contribution in [2.24, 2.45) is 7.05 Å². The molecule has 0 unspecified atom stereocenters. The number of carboxylic acid groups (broad SMARTS) is 1. The third-order valence-corrected chi connectivity index (χ3v) is 3.55. The number of nitrogens with zero attached hydrogens (tertiary/aromatic N) is 3. The van der Waals surface area contributed by atoms with E-state index in [1.54, 1.807) is 7.05 Å². The first-order valence-electron chi connectivity index (χ1n) is 5.10. The number of anilines is 1. The summed E-state index contributed by atoms with van der Waals surface area (Å²) in [7, 11) is -2.34. The normalized spacial score (nSPS) is 11.2. The molecule has 100 valence electrons. The van der Waals surface area contributed by atoms with E-state index in [9.17, 15) is 13.2 Å². The van der Waals surface area contributed by atoms with E-state index in [2.05, 4.69) is 14.8 Å². The van der Waals surface area contributed by atoms with E-state index in [0.717, 1.165) is 6.20 Å². The van der Waals surface area contributed by atoms with Crippen LogP contribution in [0.25, 0.3) is 0 Å². The molecule has 0 atom stereocenters. The first-order valence-corrected chi connectivity index (χ1v) is 6.58.